The largest absolute Gasteiger partial charge is 0.496 e. The van der Waals surface area contributed by atoms with Crippen molar-refractivity contribution in [2.45, 2.75) is 52.0 Å². The van der Waals surface area contributed by atoms with Crippen molar-refractivity contribution >= 4 is 35.8 Å². The van der Waals surface area contributed by atoms with E-state index in [-0.39, 0.29) is 5.91 Å². The number of carbonyl (C=O) groups excluding carboxylic acids is 1. The maximum atomic E-state index is 12.7. The van der Waals surface area contributed by atoms with Crippen LogP contribution in [0.25, 0.3) is 0 Å². The van der Waals surface area contributed by atoms with Crippen LogP contribution in [0, 0.1) is 0 Å². The van der Waals surface area contributed by atoms with E-state index < -0.39 is 18.3 Å². The topological polar surface area (TPSA) is 77.4 Å². The number of rotatable bonds is 3. The Morgan fingerprint density at radius 1 is 1.29 bits per heavy atom. The van der Waals surface area contributed by atoms with Crippen LogP contribution >= 0.6 is 11.6 Å². The van der Waals surface area contributed by atoms with Crippen LogP contribution in [0.3, 0.4) is 0 Å². The maximum absolute atomic E-state index is 12.7. The number of anilines is 1. The average molecular weight is 403 g/mol. The second kappa shape index (κ2) is 6.88. The summed E-state index contributed by atoms with van der Waals surface area (Å²) in [6.07, 6.45) is 0. The minimum Gasteiger partial charge on any atom is -0.399 e. The van der Waals surface area contributed by atoms with E-state index in [0.717, 1.165) is 18.8 Å². The molecule has 0 atom stereocenters. The summed E-state index contributed by atoms with van der Waals surface area (Å²) in [4.78, 5) is 12.7. The third-order valence-electron chi connectivity index (χ3n) is 5.69. The van der Waals surface area contributed by atoms with Crippen LogP contribution in [-0.4, -0.2) is 40.6 Å². The molecule has 0 radical (unpaired) electrons. The first-order valence-corrected chi connectivity index (χ1v) is 9.78. The molecular weight excluding hydrogens is 378 g/mol. The molecule has 0 bridgehead atoms. The highest BCUT2D eigenvalue weighted by Gasteiger charge is 2.52. The molecule has 0 spiro atoms. The molecule has 2 N–H and O–H groups in total. The first kappa shape index (κ1) is 19.5. The fourth-order valence-corrected chi connectivity index (χ4v) is 3.55. The van der Waals surface area contributed by atoms with E-state index in [0.29, 0.717) is 28.4 Å². The number of hydrogen-bond donors (Lipinski definition) is 2. The Hall–Kier alpha value is -1.87. The minimum atomic E-state index is -0.597. The molecule has 1 fully saturated rings. The lowest BCUT2D eigenvalue weighted by molar-refractivity contribution is 0.00578. The van der Waals surface area contributed by atoms with Gasteiger partial charge in [-0.3, -0.25) is 9.48 Å². The molecule has 1 amide bonds. The van der Waals surface area contributed by atoms with E-state index in [9.17, 15) is 4.79 Å². The van der Waals surface area contributed by atoms with E-state index >= 15 is 0 Å². The van der Waals surface area contributed by atoms with E-state index in [1.165, 1.54) is 0 Å². The van der Waals surface area contributed by atoms with E-state index in [1.54, 1.807) is 12.1 Å². The molecule has 1 aromatic heterocycles. The number of nitrogens with zero attached hydrogens (tertiary/aromatic N) is 2. The van der Waals surface area contributed by atoms with Gasteiger partial charge in [-0.2, -0.15) is 5.10 Å². The Kier molecular flexibility index (Phi) is 4.78. The van der Waals surface area contributed by atoms with Crippen molar-refractivity contribution < 1.29 is 14.1 Å². The van der Waals surface area contributed by atoms with Gasteiger partial charge in [0.15, 0.2) is 5.69 Å². The van der Waals surface area contributed by atoms with Gasteiger partial charge in [0.25, 0.3) is 5.91 Å². The highest BCUT2D eigenvalue weighted by atomic mass is 35.5. The van der Waals surface area contributed by atoms with Crippen LogP contribution in [0.15, 0.2) is 24.3 Å². The van der Waals surface area contributed by atoms with Crippen molar-refractivity contribution in [2.75, 3.05) is 11.9 Å². The molecule has 4 rings (SSSR count). The van der Waals surface area contributed by atoms with Gasteiger partial charge in [0.1, 0.15) is 0 Å². The summed E-state index contributed by atoms with van der Waals surface area (Å²) in [5.74, 6) is -0.296. The fraction of sp³-hybridized carbons (Fsp3) is 0.474. The maximum Gasteiger partial charge on any atom is 0.496 e. The summed E-state index contributed by atoms with van der Waals surface area (Å²) >= 11 is 6.60. The first-order chi connectivity index (χ1) is 13.2. The molecule has 0 unspecified atom stereocenters. The van der Waals surface area contributed by atoms with Crippen LogP contribution in [0.2, 0.25) is 5.02 Å². The number of fused-ring (bicyclic) bond motifs is 1. The molecule has 2 aliphatic heterocycles. The van der Waals surface area contributed by atoms with Crippen molar-refractivity contribution in [3.8, 4) is 0 Å². The van der Waals surface area contributed by atoms with Crippen molar-refractivity contribution in [3.05, 3.63) is 40.7 Å². The Bertz CT molecular complexity index is 888. The highest BCUT2D eigenvalue weighted by molar-refractivity contribution is 6.66. The molecule has 2 aromatic rings. The number of carbonyl (C=O) groups is 1. The minimum absolute atomic E-state index is 0.296. The highest BCUT2D eigenvalue weighted by Crippen LogP contribution is 2.37. The van der Waals surface area contributed by atoms with Crippen LogP contribution in [0.5, 0.6) is 0 Å². The quantitative estimate of drug-likeness (QED) is 0.770. The third kappa shape index (κ3) is 3.35. The second-order valence-corrected chi connectivity index (χ2v) is 8.55. The van der Waals surface area contributed by atoms with Gasteiger partial charge in [-0.05, 0) is 39.8 Å². The van der Waals surface area contributed by atoms with Gasteiger partial charge in [-0.25, -0.2) is 0 Å². The fourth-order valence-electron chi connectivity index (χ4n) is 3.29. The van der Waals surface area contributed by atoms with Gasteiger partial charge in [0.2, 0.25) is 0 Å². The number of benzene rings is 1. The van der Waals surface area contributed by atoms with Crippen LogP contribution in [-0.2, 0) is 22.4 Å². The van der Waals surface area contributed by atoms with Gasteiger partial charge >= 0.3 is 7.12 Å². The summed E-state index contributed by atoms with van der Waals surface area (Å²) in [5.41, 5.74) is 1.62. The summed E-state index contributed by atoms with van der Waals surface area (Å²) in [6.45, 7) is 10.3. The third-order valence-corrected chi connectivity index (χ3v) is 6.11. The summed E-state index contributed by atoms with van der Waals surface area (Å²) in [7, 11) is -0.597. The van der Waals surface area contributed by atoms with Crippen LogP contribution in [0.4, 0.5) is 5.69 Å². The van der Waals surface area contributed by atoms with Gasteiger partial charge < -0.3 is 19.9 Å². The molecule has 7 nitrogen and oxygen atoms in total. The normalized spacial score (nSPS) is 20.1. The summed E-state index contributed by atoms with van der Waals surface area (Å²) in [6, 6.07) is 7.23. The molecule has 9 heteroatoms. The van der Waals surface area contributed by atoms with Crippen LogP contribution in [0.1, 0.15) is 43.9 Å². The number of aromatic nitrogens is 2. The SMILES string of the molecule is CC1(C)OB(c2cccc(NC(=O)c3cc4n(n3)CCNC4)c2Cl)OC1(C)C. The molecule has 1 saturated heterocycles. The number of halogens is 1. The number of nitrogens with one attached hydrogen (secondary N) is 2. The van der Waals surface area contributed by atoms with Crippen molar-refractivity contribution in [2.24, 2.45) is 0 Å². The van der Waals surface area contributed by atoms with Gasteiger partial charge in [0, 0.05) is 18.6 Å². The zero-order valence-electron chi connectivity index (χ0n) is 16.5. The Morgan fingerprint density at radius 3 is 2.68 bits per heavy atom. The predicted octanol–water partition coefficient (Wildman–Crippen LogP) is 2.19. The standard InChI is InChI=1S/C19H24BClN4O3/c1-18(2)19(3,4)28-20(27-18)13-6-5-7-14(16(13)21)23-17(26)15-10-12-11-22-8-9-25(12)24-15/h5-7,10,22H,8-9,11H2,1-4H3,(H,23,26). The number of hydrogen-bond acceptors (Lipinski definition) is 5. The zero-order chi connectivity index (χ0) is 20.1. The smallest absolute Gasteiger partial charge is 0.399 e. The van der Waals surface area contributed by atoms with E-state index in [1.807, 2.05) is 44.5 Å². The predicted molar refractivity (Wildman–Crippen MR) is 109 cm³/mol. The zero-order valence-corrected chi connectivity index (χ0v) is 17.3. The van der Waals surface area contributed by atoms with Crippen LogP contribution < -0.4 is 16.1 Å². The van der Waals surface area contributed by atoms with Crippen molar-refractivity contribution in [3.63, 3.8) is 0 Å². The van der Waals surface area contributed by atoms with Crippen molar-refractivity contribution in [1.29, 1.82) is 0 Å². The number of amides is 1. The molecular formula is C19H24BClN4O3. The molecule has 3 heterocycles. The first-order valence-electron chi connectivity index (χ1n) is 9.41. The Balaban J connectivity index is 1.56. The molecule has 2 aliphatic rings. The lowest BCUT2D eigenvalue weighted by Gasteiger charge is -2.32. The molecule has 0 aliphatic carbocycles. The molecule has 0 saturated carbocycles. The lowest BCUT2D eigenvalue weighted by atomic mass is 9.79. The van der Waals surface area contributed by atoms with Gasteiger partial charge in [-0.1, -0.05) is 23.7 Å². The molecule has 1 aromatic carbocycles. The summed E-state index contributed by atoms with van der Waals surface area (Å²) in [5, 5.41) is 10.9. The molecule has 148 valence electrons. The molecule has 28 heavy (non-hydrogen) atoms. The van der Waals surface area contributed by atoms with E-state index in [2.05, 4.69) is 15.7 Å². The van der Waals surface area contributed by atoms with Gasteiger partial charge in [0.05, 0.1) is 34.2 Å². The summed E-state index contributed by atoms with van der Waals surface area (Å²) < 4.78 is 14.0. The lowest BCUT2D eigenvalue weighted by Crippen LogP contribution is -2.41. The van der Waals surface area contributed by atoms with E-state index in [4.69, 9.17) is 20.9 Å². The Labute approximate surface area is 169 Å². The average Bonchev–Trinajstić information content (AvgIpc) is 3.15. The second-order valence-electron chi connectivity index (χ2n) is 8.17. The van der Waals surface area contributed by atoms with Crippen molar-refractivity contribution in [1.82, 2.24) is 15.1 Å². The Morgan fingerprint density at radius 2 is 2.00 bits per heavy atom. The van der Waals surface area contributed by atoms with Gasteiger partial charge in [-0.15, -0.1) is 0 Å². The monoisotopic (exact) mass is 402 g/mol.